The van der Waals surface area contributed by atoms with E-state index in [4.69, 9.17) is 23.7 Å². The van der Waals surface area contributed by atoms with Gasteiger partial charge < -0.3 is 23.7 Å². The molecule has 0 saturated heterocycles. The first-order valence-corrected chi connectivity index (χ1v) is 21.2. The number of carbonyl (C=O) groups excluding carboxylic acids is 2. The Hall–Kier alpha value is -5.18. The minimum Gasteiger partial charge on any atom is -0.494 e. The smallest absolute Gasteiger partial charge is 0.343 e. The number of esters is 2. The molecule has 0 spiro atoms. The lowest BCUT2D eigenvalue weighted by Crippen LogP contribution is -2.10. The van der Waals surface area contributed by atoms with E-state index >= 15 is 0 Å². The van der Waals surface area contributed by atoms with Crippen LogP contribution in [0.1, 0.15) is 144 Å². The Bertz CT molecular complexity index is 1760. The predicted molar refractivity (Wildman–Crippen MR) is 227 cm³/mol. The molecule has 0 unspecified atom stereocenters. The highest BCUT2D eigenvalue weighted by Crippen LogP contribution is 2.34. The molecule has 9 nitrogen and oxygen atoms in total. The molecule has 0 aliphatic heterocycles. The van der Waals surface area contributed by atoms with E-state index in [0.29, 0.717) is 48.1 Å². The van der Waals surface area contributed by atoms with Crippen LogP contribution in [0.15, 0.2) is 101 Å². The van der Waals surface area contributed by atoms with Gasteiger partial charge in [0.2, 0.25) is 0 Å². The summed E-state index contributed by atoms with van der Waals surface area (Å²) in [5.41, 5.74) is 1.55. The van der Waals surface area contributed by atoms with Crippen molar-refractivity contribution in [2.45, 2.75) is 124 Å². The van der Waals surface area contributed by atoms with E-state index in [1.54, 1.807) is 84.9 Å². The number of benzene rings is 4. The van der Waals surface area contributed by atoms with Crippen LogP contribution in [-0.4, -0.2) is 31.8 Å². The molecule has 4 aromatic rings. The lowest BCUT2D eigenvalue weighted by atomic mass is 10.1. The Labute approximate surface area is 340 Å². The quantitative estimate of drug-likeness (QED) is 0.0245. The molecule has 0 radical (unpaired) electrons. The maximum atomic E-state index is 13.4. The summed E-state index contributed by atoms with van der Waals surface area (Å²) in [4.78, 5) is 26.5. The van der Waals surface area contributed by atoms with Crippen molar-refractivity contribution in [2.75, 3.05) is 19.8 Å². The molecular formula is C48H62N2O7. The van der Waals surface area contributed by atoms with Crippen LogP contribution in [-0.2, 0) is 0 Å². The van der Waals surface area contributed by atoms with Gasteiger partial charge in [0, 0.05) is 6.07 Å². The SMILES string of the molecule is CCCCCCCCCCOc1ccc(C(=O)Oc2ccc(N=Nc3ccc(OCC)cc3)c(OC(=O)c3ccc(OCCCCCCCCCC)cc3)c2)cc1. The van der Waals surface area contributed by atoms with Crippen molar-refractivity contribution in [3.05, 3.63) is 102 Å². The standard InChI is InChI=1S/C48H62N2O7/c1-4-7-9-11-13-15-17-19-35-54-42-27-21-38(22-28-42)47(51)56-44-33-34-45(50-49-40-25-31-41(32-26-40)53-6-3)46(37-44)57-48(52)39-23-29-43(30-24-39)55-36-20-18-16-14-12-10-8-5-2/h21-34,37H,4-20,35-36H2,1-3H3. The number of azo groups is 1. The molecule has 4 aromatic carbocycles. The van der Waals surface area contributed by atoms with E-state index in [-0.39, 0.29) is 17.2 Å². The molecule has 306 valence electrons. The zero-order valence-corrected chi connectivity index (χ0v) is 34.3. The van der Waals surface area contributed by atoms with Crippen LogP contribution < -0.4 is 23.7 Å². The van der Waals surface area contributed by atoms with E-state index < -0.39 is 11.9 Å². The van der Waals surface area contributed by atoms with Crippen molar-refractivity contribution >= 4 is 23.3 Å². The van der Waals surface area contributed by atoms with Crippen molar-refractivity contribution in [2.24, 2.45) is 10.2 Å². The molecule has 0 heterocycles. The van der Waals surface area contributed by atoms with E-state index in [9.17, 15) is 9.59 Å². The van der Waals surface area contributed by atoms with Crippen molar-refractivity contribution in [3.8, 4) is 28.7 Å². The van der Waals surface area contributed by atoms with Gasteiger partial charge in [-0.25, -0.2) is 9.59 Å². The van der Waals surface area contributed by atoms with Crippen LogP contribution in [0.25, 0.3) is 0 Å². The van der Waals surface area contributed by atoms with Crippen molar-refractivity contribution in [1.29, 1.82) is 0 Å². The maximum Gasteiger partial charge on any atom is 0.343 e. The van der Waals surface area contributed by atoms with Crippen molar-refractivity contribution in [1.82, 2.24) is 0 Å². The lowest BCUT2D eigenvalue weighted by molar-refractivity contribution is 0.0733. The largest absolute Gasteiger partial charge is 0.494 e. The van der Waals surface area contributed by atoms with Crippen LogP contribution in [0.4, 0.5) is 11.4 Å². The van der Waals surface area contributed by atoms with Gasteiger partial charge in [0.05, 0.1) is 36.6 Å². The molecular weight excluding hydrogens is 717 g/mol. The number of hydrogen-bond donors (Lipinski definition) is 0. The average Bonchev–Trinajstić information content (AvgIpc) is 3.23. The number of ether oxygens (including phenoxy) is 5. The van der Waals surface area contributed by atoms with Gasteiger partial charge in [-0.3, -0.25) is 0 Å². The first-order valence-electron chi connectivity index (χ1n) is 21.2. The predicted octanol–water partition coefficient (Wildman–Crippen LogP) is 14.0. The zero-order valence-electron chi connectivity index (χ0n) is 34.3. The topological polar surface area (TPSA) is 105 Å². The Morgan fingerprint density at radius 1 is 0.439 bits per heavy atom. The van der Waals surface area contributed by atoms with Crippen LogP contribution in [0.2, 0.25) is 0 Å². The minimum atomic E-state index is -0.604. The lowest BCUT2D eigenvalue weighted by Gasteiger charge is -2.11. The molecule has 0 aromatic heterocycles. The van der Waals surface area contributed by atoms with E-state index in [1.807, 2.05) is 6.92 Å². The fourth-order valence-corrected chi connectivity index (χ4v) is 6.16. The highest BCUT2D eigenvalue weighted by Gasteiger charge is 2.16. The second kappa shape index (κ2) is 26.6. The molecule has 9 heteroatoms. The van der Waals surface area contributed by atoms with E-state index in [0.717, 1.165) is 31.4 Å². The summed E-state index contributed by atoms with van der Waals surface area (Å²) in [6.07, 6.45) is 19.7. The molecule has 57 heavy (non-hydrogen) atoms. The highest BCUT2D eigenvalue weighted by molar-refractivity contribution is 5.93. The summed E-state index contributed by atoms with van der Waals surface area (Å²) in [5, 5.41) is 8.69. The first-order chi connectivity index (χ1) is 28.0. The van der Waals surface area contributed by atoms with Gasteiger partial charge in [0.15, 0.2) is 5.75 Å². The third-order valence-corrected chi connectivity index (χ3v) is 9.48. The number of hydrogen-bond acceptors (Lipinski definition) is 9. The average molecular weight is 779 g/mol. The fourth-order valence-electron chi connectivity index (χ4n) is 6.16. The van der Waals surface area contributed by atoms with Gasteiger partial charge in [-0.05, 0) is 105 Å². The molecule has 0 saturated carbocycles. The molecule has 0 bridgehead atoms. The molecule has 0 fully saturated rings. The van der Waals surface area contributed by atoms with Crippen LogP contribution in [0, 0.1) is 0 Å². The monoisotopic (exact) mass is 778 g/mol. The Morgan fingerprint density at radius 3 is 1.35 bits per heavy atom. The summed E-state index contributed by atoms with van der Waals surface area (Å²) < 4.78 is 28.9. The van der Waals surface area contributed by atoms with Gasteiger partial charge in [-0.1, -0.05) is 104 Å². The number of unbranched alkanes of at least 4 members (excludes halogenated alkanes) is 14. The molecule has 0 aliphatic rings. The molecule has 0 N–H and O–H groups in total. The molecule has 4 rings (SSSR count). The minimum absolute atomic E-state index is 0.0831. The molecule has 0 atom stereocenters. The summed E-state index contributed by atoms with van der Waals surface area (Å²) in [5.74, 6) is 1.22. The Kier molecular flexibility index (Phi) is 20.8. The van der Waals surface area contributed by atoms with Crippen molar-refractivity contribution in [3.63, 3.8) is 0 Å². The Morgan fingerprint density at radius 2 is 0.860 bits per heavy atom. The van der Waals surface area contributed by atoms with Crippen LogP contribution in [0.3, 0.4) is 0 Å². The third-order valence-electron chi connectivity index (χ3n) is 9.48. The van der Waals surface area contributed by atoms with Gasteiger partial charge >= 0.3 is 11.9 Å². The molecule has 0 aliphatic carbocycles. The number of rotatable bonds is 28. The summed E-state index contributed by atoms with van der Waals surface area (Å²) in [7, 11) is 0. The second-order valence-corrected chi connectivity index (χ2v) is 14.2. The number of nitrogens with zero attached hydrogens (tertiary/aromatic N) is 2. The third kappa shape index (κ3) is 17.2. The summed E-state index contributed by atoms with van der Waals surface area (Å²) in [6, 6.07) is 25.6. The van der Waals surface area contributed by atoms with Gasteiger partial charge in [0.25, 0.3) is 0 Å². The fraction of sp³-hybridized carbons (Fsp3) is 0.458. The van der Waals surface area contributed by atoms with Crippen LogP contribution >= 0.6 is 0 Å². The second-order valence-electron chi connectivity index (χ2n) is 14.2. The highest BCUT2D eigenvalue weighted by atomic mass is 16.5. The van der Waals surface area contributed by atoms with E-state index in [1.165, 1.54) is 83.1 Å². The molecule has 0 amide bonds. The van der Waals surface area contributed by atoms with Gasteiger partial charge in [-0.15, -0.1) is 5.11 Å². The normalized spacial score (nSPS) is 11.1. The van der Waals surface area contributed by atoms with Crippen LogP contribution in [0.5, 0.6) is 28.7 Å². The number of carbonyl (C=O) groups is 2. The Balaban J connectivity index is 1.35. The summed E-state index contributed by atoms with van der Waals surface area (Å²) in [6.45, 7) is 8.21. The zero-order chi connectivity index (χ0) is 40.3. The first kappa shape index (κ1) is 44.5. The van der Waals surface area contributed by atoms with Gasteiger partial charge in [0.1, 0.15) is 28.7 Å². The maximum absolute atomic E-state index is 13.4. The van der Waals surface area contributed by atoms with Gasteiger partial charge in [-0.2, -0.15) is 5.11 Å². The van der Waals surface area contributed by atoms with Crippen molar-refractivity contribution < 1.29 is 33.3 Å². The summed E-state index contributed by atoms with van der Waals surface area (Å²) >= 11 is 0. The van der Waals surface area contributed by atoms with E-state index in [2.05, 4.69) is 24.1 Å².